The Morgan fingerprint density at radius 3 is 2.12 bits per heavy atom. The highest BCUT2D eigenvalue weighted by molar-refractivity contribution is 5.77. The minimum absolute atomic E-state index is 0.122. The molecule has 0 spiro atoms. The van der Waals surface area contributed by atoms with E-state index in [2.05, 4.69) is 24.5 Å². The first-order valence-electron chi connectivity index (χ1n) is 6.08. The highest BCUT2D eigenvalue weighted by Crippen LogP contribution is 2.12. The van der Waals surface area contributed by atoms with Crippen LogP contribution in [0.4, 0.5) is 4.79 Å². The molecular weight excluding hydrogens is 220 g/mol. The van der Waals surface area contributed by atoms with Gasteiger partial charge in [-0.2, -0.15) is 0 Å². The molecule has 100 valence electrons. The van der Waals surface area contributed by atoms with E-state index in [0.29, 0.717) is 12.5 Å². The Labute approximate surface area is 103 Å². The van der Waals surface area contributed by atoms with Crippen LogP contribution < -0.4 is 10.6 Å². The van der Waals surface area contributed by atoms with Gasteiger partial charge in [0, 0.05) is 13.1 Å². The number of carbonyl (C=O) groups is 2. The Morgan fingerprint density at radius 1 is 1.18 bits per heavy atom. The number of hydrogen-bond donors (Lipinski definition) is 3. The molecule has 0 heterocycles. The van der Waals surface area contributed by atoms with Crippen molar-refractivity contribution in [3.8, 4) is 0 Å². The third-order valence-corrected chi connectivity index (χ3v) is 2.98. The molecular formula is C12H24N2O3. The van der Waals surface area contributed by atoms with Crippen LogP contribution in [0.2, 0.25) is 0 Å². The second kappa shape index (κ2) is 7.14. The molecule has 0 aliphatic rings. The lowest BCUT2D eigenvalue weighted by Crippen LogP contribution is -2.44. The van der Waals surface area contributed by atoms with E-state index in [9.17, 15) is 9.59 Å². The summed E-state index contributed by atoms with van der Waals surface area (Å²) in [5.41, 5.74) is -0.938. The quantitative estimate of drug-likeness (QED) is 0.639. The third kappa shape index (κ3) is 6.14. The van der Waals surface area contributed by atoms with Gasteiger partial charge in [0.25, 0.3) is 0 Å². The van der Waals surface area contributed by atoms with Crippen molar-refractivity contribution in [2.75, 3.05) is 13.1 Å². The maximum atomic E-state index is 11.4. The molecule has 0 aromatic heterocycles. The zero-order valence-corrected chi connectivity index (χ0v) is 11.2. The van der Waals surface area contributed by atoms with Crippen LogP contribution in [0.25, 0.3) is 0 Å². The smallest absolute Gasteiger partial charge is 0.314 e. The topological polar surface area (TPSA) is 78.4 Å². The maximum Gasteiger partial charge on any atom is 0.314 e. The van der Waals surface area contributed by atoms with E-state index in [-0.39, 0.29) is 12.6 Å². The van der Waals surface area contributed by atoms with Crippen LogP contribution in [-0.4, -0.2) is 30.2 Å². The molecule has 0 fully saturated rings. The lowest BCUT2D eigenvalue weighted by molar-refractivity contribution is -0.146. The lowest BCUT2D eigenvalue weighted by Gasteiger charge is -2.20. The van der Waals surface area contributed by atoms with Gasteiger partial charge in [-0.3, -0.25) is 4.79 Å². The average Bonchev–Trinajstić information content (AvgIpc) is 2.27. The predicted octanol–water partition coefficient (Wildman–Crippen LogP) is 1.83. The Bertz CT molecular complexity index is 260. The third-order valence-electron chi connectivity index (χ3n) is 2.98. The number of amides is 2. The van der Waals surface area contributed by atoms with Gasteiger partial charge in [-0.1, -0.05) is 26.7 Å². The summed E-state index contributed by atoms with van der Waals surface area (Å²) in [6, 6.07) is -0.300. The zero-order chi connectivity index (χ0) is 13.5. The van der Waals surface area contributed by atoms with Gasteiger partial charge in [0.2, 0.25) is 0 Å². The van der Waals surface area contributed by atoms with Crippen molar-refractivity contribution in [1.82, 2.24) is 10.6 Å². The SMILES string of the molecule is CCC(CC)CNC(=O)NCC(C)(C)C(=O)O. The van der Waals surface area contributed by atoms with E-state index in [0.717, 1.165) is 12.8 Å². The summed E-state index contributed by atoms with van der Waals surface area (Å²) in [7, 11) is 0. The number of hydrogen-bond acceptors (Lipinski definition) is 2. The molecule has 0 bridgehead atoms. The van der Waals surface area contributed by atoms with E-state index < -0.39 is 11.4 Å². The molecule has 5 nitrogen and oxygen atoms in total. The number of aliphatic carboxylic acids is 1. The first-order chi connectivity index (χ1) is 7.83. The molecule has 0 aromatic carbocycles. The molecule has 17 heavy (non-hydrogen) atoms. The first kappa shape index (κ1) is 15.7. The van der Waals surface area contributed by atoms with E-state index >= 15 is 0 Å². The summed E-state index contributed by atoms with van der Waals surface area (Å²) in [5, 5.41) is 14.2. The predicted molar refractivity (Wildman–Crippen MR) is 66.9 cm³/mol. The summed E-state index contributed by atoms with van der Waals surface area (Å²) >= 11 is 0. The molecule has 0 saturated carbocycles. The summed E-state index contributed by atoms with van der Waals surface area (Å²) in [5.74, 6) is -0.439. The number of urea groups is 1. The van der Waals surface area contributed by atoms with Crippen molar-refractivity contribution in [3.63, 3.8) is 0 Å². The summed E-state index contributed by atoms with van der Waals surface area (Å²) in [6.45, 7) is 8.08. The summed E-state index contributed by atoms with van der Waals surface area (Å²) in [4.78, 5) is 22.3. The molecule has 0 atom stereocenters. The second-order valence-electron chi connectivity index (χ2n) is 4.94. The standard InChI is InChI=1S/C12H24N2O3/c1-5-9(6-2)7-13-11(17)14-8-12(3,4)10(15)16/h9H,5-8H2,1-4H3,(H,15,16)(H2,13,14,17). The van der Waals surface area contributed by atoms with Crippen molar-refractivity contribution in [2.24, 2.45) is 11.3 Å². The Hall–Kier alpha value is -1.26. The van der Waals surface area contributed by atoms with E-state index in [1.54, 1.807) is 13.8 Å². The fourth-order valence-corrected chi connectivity index (χ4v) is 1.25. The molecule has 0 aromatic rings. The van der Waals surface area contributed by atoms with Crippen LogP contribution in [-0.2, 0) is 4.79 Å². The first-order valence-corrected chi connectivity index (χ1v) is 6.08. The van der Waals surface area contributed by atoms with Crippen molar-refractivity contribution < 1.29 is 14.7 Å². The monoisotopic (exact) mass is 244 g/mol. The number of carbonyl (C=O) groups excluding carboxylic acids is 1. The number of carboxylic acids is 1. The summed E-state index contributed by atoms with van der Waals surface area (Å²) in [6.07, 6.45) is 2.05. The maximum absolute atomic E-state index is 11.4. The highest BCUT2D eigenvalue weighted by Gasteiger charge is 2.27. The number of rotatable bonds is 7. The van der Waals surface area contributed by atoms with Gasteiger partial charge >= 0.3 is 12.0 Å². The fraction of sp³-hybridized carbons (Fsp3) is 0.833. The van der Waals surface area contributed by atoms with Gasteiger partial charge in [0.15, 0.2) is 0 Å². The van der Waals surface area contributed by atoms with Crippen molar-refractivity contribution >= 4 is 12.0 Å². The zero-order valence-electron chi connectivity index (χ0n) is 11.2. The average molecular weight is 244 g/mol. The van der Waals surface area contributed by atoms with Crippen LogP contribution >= 0.6 is 0 Å². The van der Waals surface area contributed by atoms with Crippen LogP contribution in [0, 0.1) is 11.3 Å². The van der Waals surface area contributed by atoms with E-state index in [4.69, 9.17) is 5.11 Å². The number of nitrogens with one attached hydrogen (secondary N) is 2. The lowest BCUT2D eigenvalue weighted by atomic mass is 9.94. The van der Waals surface area contributed by atoms with Crippen molar-refractivity contribution in [1.29, 1.82) is 0 Å². The molecule has 0 rings (SSSR count). The van der Waals surface area contributed by atoms with Crippen molar-refractivity contribution in [2.45, 2.75) is 40.5 Å². The molecule has 0 saturated heterocycles. The van der Waals surface area contributed by atoms with Gasteiger partial charge in [0.1, 0.15) is 0 Å². The number of carboxylic acid groups (broad SMARTS) is 1. The minimum atomic E-state index is -0.938. The molecule has 0 radical (unpaired) electrons. The Balaban J connectivity index is 3.92. The molecule has 0 aliphatic heterocycles. The highest BCUT2D eigenvalue weighted by atomic mass is 16.4. The van der Waals surface area contributed by atoms with Crippen LogP contribution in [0.1, 0.15) is 40.5 Å². The molecule has 5 heteroatoms. The van der Waals surface area contributed by atoms with Gasteiger partial charge in [-0.05, 0) is 19.8 Å². The minimum Gasteiger partial charge on any atom is -0.481 e. The summed E-state index contributed by atoms with van der Waals surface area (Å²) < 4.78 is 0. The van der Waals surface area contributed by atoms with Crippen LogP contribution in [0.3, 0.4) is 0 Å². The second-order valence-corrected chi connectivity index (χ2v) is 4.94. The van der Waals surface area contributed by atoms with Crippen LogP contribution in [0.5, 0.6) is 0 Å². The van der Waals surface area contributed by atoms with E-state index in [1.807, 2.05) is 0 Å². The normalized spacial score (nSPS) is 11.4. The van der Waals surface area contributed by atoms with Crippen LogP contribution in [0.15, 0.2) is 0 Å². The van der Waals surface area contributed by atoms with Gasteiger partial charge in [0.05, 0.1) is 5.41 Å². The Kier molecular flexibility index (Phi) is 6.61. The molecule has 3 N–H and O–H groups in total. The Morgan fingerprint density at radius 2 is 1.71 bits per heavy atom. The fourth-order valence-electron chi connectivity index (χ4n) is 1.25. The van der Waals surface area contributed by atoms with Gasteiger partial charge in [-0.25, -0.2) is 4.79 Å². The molecule has 0 unspecified atom stereocenters. The van der Waals surface area contributed by atoms with E-state index in [1.165, 1.54) is 0 Å². The molecule has 2 amide bonds. The van der Waals surface area contributed by atoms with Gasteiger partial charge < -0.3 is 15.7 Å². The van der Waals surface area contributed by atoms with Gasteiger partial charge in [-0.15, -0.1) is 0 Å². The van der Waals surface area contributed by atoms with Crippen molar-refractivity contribution in [3.05, 3.63) is 0 Å². The molecule has 0 aliphatic carbocycles. The largest absolute Gasteiger partial charge is 0.481 e.